The van der Waals surface area contributed by atoms with Crippen molar-refractivity contribution in [1.82, 2.24) is 4.98 Å². The molecule has 2 rings (SSSR count). The van der Waals surface area contributed by atoms with E-state index in [0.29, 0.717) is 5.69 Å². The molecule has 0 spiro atoms. The molecular formula is C13H13N3O3S. The maximum Gasteiger partial charge on any atom is 0.255 e. The summed E-state index contributed by atoms with van der Waals surface area (Å²) >= 11 is 0. The van der Waals surface area contributed by atoms with Crippen LogP contribution in [0.1, 0.15) is 10.4 Å². The van der Waals surface area contributed by atoms with Crippen LogP contribution in [0.25, 0.3) is 0 Å². The highest BCUT2D eigenvalue weighted by molar-refractivity contribution is 7.90. The summed E-state index contributed by atoms with van der Waals surface area (Å²) in [5, 5.41) is 2.63. The average Bonchev–Trinajstić information content (AvgIpc) is 2.38. The second kappa shape index (κ2) is 5.30. The third kappa shape index (κ3) is 3.33. The predicted octanol–water partition coefficient (Wildman–Crippen LogP) is 1.32. The number of carbonyl (C=O) groups excluding carboxylic acids is 1. The molecule has 1 amide bonds. The lowest BCUT2D eigenvalue weighted by Crippen LogP contribution is -2.13. The number of rotatable bonds is 3. The Bertz CT molecular complexity index is 743. The predicted molar refractivity (Wildman–Crippen MR) is 76.2 cm³/mol. The maximum atomic E-state index is 12.1. The van der Waals surface area contributed by atoms with Gasteiger partial charge in [-0.15, -0.1) is 0 Å². The third-order valence-corrected chi connectivity index (χ3v) is 3.65. The maximum absolute atomic E-state index is 12.1. The molecule has 0 unspecified atom stereocenters. The second-order valence-electron chi connectivity index (χ2n) is 4.25. The van der Waals surface area contributed by atoms with Gasteiger partial charge in [0.2, 0.25) is 0 Å². The van der Waals surface area contributed by atoms with Gasteiger partial charge < -0.3 is 11.1 Å². The molecule has 0 aliphatic rings. The minimum Gasteiger partial charge on any atom is -0.399 e. The van der Waals surface area contributed by atoms with Gasteiger partial charge in [0.05, 0.1) is 4.90 Å². The van der Waals surface area contributed by atoms with Gasteiger partial charge in [-0.05, 0) is 30.3 Å². The van der Waals surface area contributed by atoms with Gasteiger partial charge >= 0.3 is 0 Å². The number of benzene rings is 1. The Balaban J connectivity index is 2.33. The highest BCUT2D eigenvalue weighted by atomic mass is 32.2. The first-order chi connectivity index (χ1) is 9.36. The fraction of sp³-hybridized carbons (Fsp3) is 0.0769. The van der Waals surface area contributed by atoms with E-state index in [0.717, 1.165) is 6.26 Å². The number of aromatic nitrogens is 1. The fourth-order valence-corrected chi connectivity index (χ4v) is 2.30. The Morgan fingerprint density at radius 1 is 1.20 bits per heavy atom. The van der Waals surface area contributed by atoms with Crippen molar-refractivity contribution in [2.45, 2.75) is 4.90 Å². The van der Waals surface area contributed by atoms with E-state index in [-0.39, 0.29) is 16.1 Å². The number of amides is 1. The van der Waals surface area contributed by atoms with Crippen LogP contribution >= 0.6 is 0 Å². The largest absolute Gasteiger partial charge is 0.399 e. The van der Waals surface area contributed by atoms with Gasteiger partial charge in [0.25, 0.3) is 5.91 Å². The average molecular weight is 291 g/mol. The summed E-state index contributed by atoms with van der Waals surface area (Å²) in [7, 11) is -3.42. The first kappa shape index (κ1) is 14.0. The molecule has 0 aliphatic carbocycles. The second-order valence-corrected chi connectivity index (χ2v) is 6.27. The number of carbonyl (C=O) groups is 1. The van der Waals surface area contributed by atoms with Crippen LogP contribution in [0.2, 0.25) is 0 Å². The first-order valence-corrected chi connectivity index (χ1v) is 7.57. The number of anilines is 2. The van der Waals surface area contributed by atoms with Crippen molar-refractivity contribution in [1.29, 1.82) is 0 Å². The molecule has 1 heterocycles. The van der Waals surface area contributed by atoms with Gasteiger partial charge in [0, 0.05) is 35.6 Å². The van der Waals surface area contributed by atoms with E-state index in [2.05, 4.69) is 10.3 Å². The number of hydrogen-bond acceptors (Lipinski definition) is 5. The molecule has 0 bridgehead atoms. The molecule has 7 heteroatoms. The van der Waals surface area contributed by atoms with Crippen molar-refractivity contribution < 1.29 is 13.2 Å². The smallest absolute Gasteiger partial charge is 0.255 e. The normalized spacial score (nSPS) is 11.1. The Kier molecular flexibility index (Phi) is 3.71. The molecule has 3 N–H and O–H groups in total. The summed E-state index contributed by atoms with van der Waals surface area (Å²) in [5.41, 5.74) is 6.59. The molecule has 104 valence electrons. The molecule has 0 saturated carbocycles. The number of nitrogens with two attached hydrogens (primary N) is 1. The highest BCUT2D eigenvalue weighted by Gasteiger charge is 2.13. The lowest BCUT2D eigenvalue weighted by Gasteiger charge is -2.07. The molecule has 2 aromatic rings. The highest BCUT2D eigenvalue weighted by Crippen LogP contribution is 2.18. The Hall–Kier alpha value is -2.41. The van der Waals surface area contributed by atoms with Crippen molar-refractivity contribution in [3.05, 3.63) is 48.3 Å². The van der Waals surface area contributed by atoms with E-state index >= 15 is 0 Å². The minimum absolute atomic E-state index is 0.0115. The van der Waals surface area contributed by atoms with Gasteiger partial charge in [-0.2, -0.15) is 0 Å². The number of hydrogen-bond donors (Lipinski definition) is 2. The van der Waals surface area contributed by atoms with Crippen molar-refractivity contribution in [2.24, 2.45) is 0 Å². The summed E-state index contributed by atoms with van der Waals surface area (Å²) in [4.78, 5) is 15.9. The van der Waals surface area contributed by atoms with Crippen LogP contribution in [-0.4, -0.2) is 25.6 Å². The van der Waals surface area contributed by atoms with E-state index in [1.165, 1.54) is 30.6 Å². The summed E-state index contributed by atoms with van der Waals surface area (Å²) in [6.45, 7) is 0. The van der Waals surface area contributed by atoms with Gasteiger partial charge in [-0.25, -0.2) is 8.42 Å². The number of nitrogens with one attached hydrogen (secondary N) is 1. The monoisotopic (exact) mass is 291 g/mol. The Morgan fingerprint density at radius 3 is 2.45 bits per heavy atom. The van der Waals surface area contributed by atoms with Crippen LogP contribution in [0.15, 0.2) is 47.6 Å². The van der Waals surface area contributed by atoms with Gasteiger partial charge in [0.15, 0.2) is 9.84 Å². The standard InChI is InChI=1S/C13H13N3O3S/c1-20(18,19)12-7-9(6-10(14)8-12)13(17)16-11-2-4-15-5-3-11/h2-8H,14H2,1H3,(H,15,16,17). The molecule has 0 aliphatic heterocycles. The summed E-state index contributed by atoms with van der Waals surface area (Å²) in [5.74, 6) is -0.437. The molecule has 1 aromatic carbocycles. The quantitative estimate of drug-likeness (QED) is 0.830. The van der Waals surface area contributed by atoms with Crippen molar-refractivity contribution in [2.75, 3.05) is 17.3 Å². The lowest BCUT2D eigenvalue weighted by molar-refractivity contribution is 0.102. The Labute approximate surface area is 116 Å². The summed E-state index contributed by atoms with van der Waals surface area (Å²) in [6.07, 6.45) is 4.14. The molecule has 0 saturated heterocycles. The lowest BCUT2D eigenvalue weighted by atomic mass is 10.2. The van der Waals surface area contributed by atoms with Crippen LogP contribution in [0.5, 0.6) is 0 Å². The zero-order valence-corrected chi connectivity index (χ0v) is 11.5. The fourth-order valence-electron chi connectivity index (χ4n) is 1.61. The van der Waals surface area contributed by atoms with Crippen LogP contribution in [0.3, 0.4) is 0 Å². The molecule has 20 heavy (non-hydrogen) atoms. The van der Waals surface area contributed by atoms with E-state index in [4.69, 9.17) is 5.73 Å². The zero-order valence-electron chi connectivity index (χ0n) is 10.7. The SMILES string of the molecule is CS(=O)(=O)c1cc(N)cc(C(=O)Nc2ccncc2)c1. The number of nitrogens with zero attached hydrogens (tertiary/aromatic N) is 1. The van der Waals surface area contributed by atoms with Crippen LogP contribution in [-0.2, 0) is 9.84 Å². The van der Waals surface area contributed by atoms with Crippen molar-refractivity contribution in [3.8, 4) is 0 Å². The zero-order chi connectivity index (χ0) is 14.8. The topological polar surface area (TPSA) is 102 Å². The summed E-state index contributed by atoms with van der Waals surface area (Å²) < 4.78 is 23.0. The van der Waals surface area contributed by atoms with Gasteiger partial charge in [-0.3, -0.25) is 9.78 Å². The molecular weight excluding hydrogens is 278 g/mol. The molecule has 0 atom stereocenters. The third-order valence-electron chi connectivity index (χ3n) is 2.56. The van der Waals surface area contributed by atoms with E-state index < -0.39 is 15.7 Å². The molecule has 1 aromatic heterocycles. The minimum atomic E-state index is -3.42. The van der Waals surface area contributed by atoms with Crippen molar-refractivity contribution in [3.63, 3.8) is 0 Å². The molecule has 0 radical (unpaired) electrons. The van der Waals surface area contributed by atoms with E-state index in [1.54, 1.807) is 12.1 Å². The van der Waals surface area contributed by atoms with Crippen LogP contribution < -0.4 is 11.1 Å². The van der Waals surface area contributed by atoms with E-state index in [1.807, 2.05) is 0 Å². The number of nitrogen functional groups attached to an aromatic ring is 1. The molecule has 6 nitrogen and oxygen atoms in total. The van der Waals surface area contributed by atoms with Gasteiger partial charge in [-0.1, -0.05) is 0 Å². The Morgan fingerprint density at radius 2 is 1.85 bits per heavy atom. The summed E-state index contributed by atoms with van der Waals surface area (Å²) in [6, 6.07) is 7.29. The van der Waals surface area contributed by atoms with Crippen LogP contribution in [0, 0.1) is 0 Å². The first-order valence-electron chi connectivity index (χ1n) is 5.68. The number of pyridine rings is 1. The van der Waals surface area contributed by atoms with Gasteiger partial charge in [0.1, 0.15) is 0 Å². The van der Waals surface area contributed by atoms with Crippen molar-refractivity contribution >= 4 is 27.1 Å². The van der Waals surface area contributed by atoms with Crippen LogP contribution in [0.4, 0.5) is 11.4 Å². The molecule has 0 fully saturated rings. The van der Waals surface area contributed by atoms with E-state index in [9.17, 15) is 13.2 Å². The number of sulfone groups is 1.